The molecule has 10 heteroatoms. The first-order valence-corrected chi connectivity index (χ1v) is 13.0. The van der Waals surface area contributed by atoms with Gasteiger partial charge in [0, 0.05) is 44.1 Å². The maximum atomic E-state index is 12.9. The zero-order valence-corrected chi connectivity index (χ0v) is 20.6. The smallest absolute Gasteiger partial charge is 0.326 e. The van der Waals surface area contributed by atoms with Crippen molar-refractivity contribution in [3.05, 3.63) is 41.3 Å². The van der Waals surface area contributed by atoms with Crippen LogP contribution in [0.2, 0.25) is 0 Å². The summed E-state index contributed by atoms with van der Waals surface area (Å²) >= 11 is 0. The molecule has 0 bridgehead atoms. The number of carboxylic acids is 1. The van der Waals surface area contributed by atoms with Gasteiger partial charge in [-0.1, -0.05) is 6.07 Å². The second-order valence-electron chi connectivity index (χ2n) is 9.76. The van der Waals surface area contributed by atoms with Crippen LogP contribution in [0.3, 0.4) is 0 Å². The number of carbonyl (C=O) groups is 1. The minimum absolute atomic E-state index is 0.227. The van der Waals surface area contributed by atoms with Gasteiger partial charge in [-0.2, -0.15) is 0 Å². The second-order valence-corrected chi connectivity index (χ2v) is 9.76. The Morgan fingerprint density at radius 1 is 1.14 bits per heavy atom. The highest BCUT2D eigenvalue weighted by atomic mass is 19.3. The standard InChI is InChI=1S/C26H36F2N6O2/c27-23(28)11-15-34(13-2-1-5-21-9-8-19-4-3-12-29-24(19)32-21)14-10-22(25(35)36)33-26-30-16-20(17-31-26)18-6-7-18/h8-9,16-18,22-23H,1-7,10-15H2,(H,29,32)(H,35,36)(H,30,31,33)/t22-/m0/s1. The van der Waals surface area contributed by atoms with Gasteiger partial charge in [-0.3, -0.25) is 0 Å². The van der Waals surface area contributed by atoms with Gasteiger partial charge in [-0.05, 0) is 81.0 Å². The molecule has 4 rings (SSSR count). The summed E-state index contributed by atoms with van der Waals surface area (Å²) < 4.78 is 25.8. The van der Waals surface area contributed by atoms with Crippen LogP contribution in [0, 0.1) is 0 Å². The van der Waals surface area contributed by atoms with Crippen molar-refractivity contribution < 1.29 is 18.7 Å². The summed E-state index contributed by atoms with van der Waals surface area (Å²) in [6, 6.07) is 3.32. The maximum Gasteiger partial charge on any atom is 0.326 e. The van der Waals surface area contributed by atoms with Crippen LogP contribution in [0.1, 0.15) is 67.7 Å². The maximum absolute atomic E-state index is 12.9. The second kappa shape index (κ2) is 12.9. The summed E-state index contributed by atoms with van der Waals surface area (Å²) in [5, 5.41) is 15.9. The number of aryl methyl sites for hydroxylation is 2. The van der Waals surface area contributed by atoms with E-state index < -0.39 is 18.4 Å². The fraction of sp³-hybridized carbons (Fsp3) is 0.615. The Morgan fingerprint density at radius 2 is 1.92 bits per heavy atom. The Bertz CT molecular complexity index is 987. The summed E-state index contributed by atoms with van der Waals surface area (Å²) in [5.74, 6) is 0.775. The van der Waals surface area contributed by atoms with Crippen molar-refractivity contribution >= 4 is 17.7 Å². The number of aromatic nitrogens is 3. The molecule has 196 valence electrons. The highest BCUT2D eigenvalue weighted by Crippen LogP contribution is 2.39. The van der Waals surface area contributed by atoms with Crippen LogP contribution in [-0.2, 0) is 17.6 Å². The van der Waals surface area contributed by atoms with Gasteiger partial charge >= 0.3 is 5.97 Å². The van der Waals surface area contributed by atoms with Crippen molar-refractivity contribution in [2.24, 2.45) is 0 Å². The first kappa shape index (κ1) is 26.2. The fourth-order valence-electron chi connectivity index (χ4n) is 4.53. The van der Waals surface area contributed by atoms with E-state index in [0.29, 0.717) is 19.0 Å². The SMILES string of the molecule is O=C(O)[C@H](CCN(CCCCc1ccc2c(n1)NCCC2)CCC(F)F)Nc1ncc(C2CC2)cn1. The van der Waals surface area contributed by atoms with E-state index in [0.717, 1.165) is 68.6 Å². The van der Waals surface area contributed by atoms with Gasteiger partial charge in [0.2, 0.25) is 12.4 Å². The van der Waals surface area contributed by atoms with Crippen LogP contribution < -0.4 is 10.6 Å². The summed E-state index contributed by atoms with van der Waals surface area (Å²) in [7, 11) is 0. The van der Waals surface area contributed by atoms with Crippen molar-refractivity contribution in [3.63, 3.8) is 0 Å². The van der Waals surface area contributed by atoms with Crippen molar-refractivity contribution in [1.29, 1.82) is 0 Å². The summed E-state index contributed by atoms with van der Waals surface area (Å²) in [6.45, 7) is 2.22. The third-order valence-electron chi connectivity index (χ3n) is 6.83. The van der Waals surface area contributed by atoms with Crippen molar-refractivity contribution in [3.8, 4) is 0 Å². The van der Waals surface area contributed by atoms with Gasteiger partial charge in [0.05, 0.1) is 0 Å². The van der Waals surface area contributed by atoms with Crippen LogP contribution >= 0.6 is 0 Å². The van der Waals surface area contributed by atoms with E-state index in [2.05, 4.69) is 32.7 Å². The third kappa shape index (κ3) is 8.08. The molecule has 1 fully saturated rings. The van der Waals surface area contributed by atoms with E-state index in [-0.39, 0.29) is 25.3 Å². The monoisotopic (exact) mass is 502 g/mol. The number of aliphatic carboxylic acids is 1. The molecule has 1 saturated carbocycles. The molecule has 1 aliphatic heterocycles. The number of rotatable bonds is 15. The molecular formula is C26H36F2N6O2. The number of hydrogen-bond acceptors (Lipinski definition) is 7. The lowest BCUT2D eigenvalue weighted by molar-refractivity contribution is -0.138. The molecule has 8 nitrogen and oxygen atoms in total. The lowest BCUT2D eigenvalue weighted by atomic mass is 10.1. The summed E-state index contributed by atoms with van der Waals surface area (Å²) in [5.41, 5.74) is 3.37. The lowest BCUT2D eigenvalue weighted by Crippen LogP contribution is -2.36. The Morgan fingerprint density at radius 3 is 2.64 bits per heavy atom. The quantitative estimate of drug-likeness (QED) is 0.309. The van der Waals surface area contributed by atoms with E-state index in [4.69, 9.17) is 4.98 Å². The van der Waals surface area contributed by atoms with E-state index in [9.17, 15) is 18.7 Å². The molecule has 2 aromatic heterocycles. The number of pyridine rings is 1. The summed E-state index contributed by atoms with van der Waals surface area (Å²) in [6.07, 6.45) is 8.15. The zero-order valence-electron chi connectivity index (χ0n) is 20.6. The molecule has 3 heterocycles. The van der Waals surface area contributed by atoms with Crippen molar-refractivity contribution in [1.82, 2.24) is 19.9 Å². The first-order valence-electron chi connectivity index (χ1n) is 13.0. The number of anilines is 2. The van der Waals surface area contributed by atoms with Gasteiger partial charge in [-0.15, -0.1) is 0 Å². The van der Waals surface area contributed by atoms with Crippen LogP contribution in [0.25, 0.3) is 0 Å². The topological polar surface area (TPSA) is 103 Å². The number of halogens is 2. The fourth-order valence-corrected chi connectivity index (χ4v) is 4.53. The van der Waals surface area contributed by atoms with Crippen LogP contribution in [0.4, 0.5) is 20.5 Å². The molecule has 2 aliphatic rings. The molecule has 0 aromatic carbocycles. The highest BCUT2D eigenvalue weighted by Gasteiger charge is 2.25. The number of carboxylic acid groups (broad SMARTS) is 1. The molecule has 0 radical (unpaired) electrons. The van der Waals surface area contributed by atoms with Gasteiger partial charge in [0.15, 0.2) is 0 Å². The third-order valence-corrected chi connectivity index (χ3v) is 6.83. The van der Waals surface area contributed by atoms with Crippen LogP contribution in [-0.4, -0.2) is 69.6 Å². The molecule has 0 spiro atoms. The Labute approximate surface area is 210 Å². The van der Waals surface area contributed by atoms with E-state index in [1.165, 1.54) is 5.56 Å². The first-order chi connectivity index (χ1) is 17.5. The Hall–Kier alpha value is -2.88. The Kier molecular flexibility index (Phi) is 9.38. The minimum atomic E-state index is -2.38. The number of hydrogen-bond donors (Lipinski definition) is 3. The highest BCUT2D eigenvalue weighted by molar-refractivity contribution is 5.76. The molecule has 36 heavy (non-hydrogen) atoms. The van der Waals surface area contributed by atoms with Gasteiger partial charge in [0.25, 0.3) is 0 Å². The number of alkyl halides is 2. The Balaban J connectivity index is 1.25. The molecule has 3 N–H and O–H groups in total. The zero-order chi connectivity index (χ0) is 25.3. The normalized spacial score (nSPS) is 16.0. The predicted molar refractivity (Wildman–Crippen MR) is 135 cm³/mol. The van der Waals surface area contributed by atoms with E-state index >= 15 is 0 Å². The molecule has 0 saturated heterocycles. The van der Waals surface area contributed by atoms with E-state index in [1.807, 2.05) is 4.90 Å². The van der Waals surface area contributed by atoms with E-state index in [1.54, 1.807) is 12.4 Å². The number of nitrogens with zero attached hydrogens (tertiary/aromatic N) is 4. The van der Waals surface area contributed by atoms with Crippen molar-refractivity contribution in [2.45, 2.75) is 76.2 Å². The lowest BCUT2D eigenvalue weighted by Gasteiger charge is -2.24. The summed E-state index contributed by atoms with van der Waals surface area (Å²) in [4.78, 5) is 27.0. The largest absolute Gasteiger partial charge is 0.480 e. The molecule has 2 aromatic rings. The number of fused-ring (bicyclic) bond motifs is 1. The molecular weight excluding hydrogens is 466 g/mol. The average molecular weight is 503 g/mol. The number of unbranched alkanes of at least 4 members (excludes halogenated alkanes) is 1. The van der Waals surface area contributed by atoms with Crippen molar-refractivity contribution in [2.75, 3.05) is 36.8 Å². The molecule has 0 amide bonds. The van der Waals surface area contributed by atoms with Crippen LogP contribution in [0.5, 0.6) is 0 Å². The molecule has 1 atom stereocenters. The van der Waals surface area contributed by atoms with Gasteiger partial charge in [0.1, 0.15) is 11.9 Å². The number of nitrogens with one attached hydrogen (secondary N) is 2. The minimum Gasteiger partial charge on any atom is -0.480 e. The van der Waals surface area contributed by atoms with Crippen LogP contribution in [0.15, 0.2) is 24.5 Å². The predicted octanol–water partition coefficient (Wildman–Crippen LogP) is 4.34. The molecule has 0 unspecified atom stereocenters. The molecule has 1 aliphatic carbocycles. The average Bonchev–Trinajstić information content (AvgIpc) is 3.72. The van der Waals surface area contributed by atoms with Gasteiger partial charge in [-0.25, -0.2) is 28.5 Å². The van der Waals surface area contributed by atoms with Gasteiger partial charge < -0.3 is 20.6 Å².